The van der Waals surface area contributed by atoms with E-state index >= 15 is 0 Å². The molecule has 4 fully saturated rings. The molecule has 0 aliphatic heterocycles. The molecule has 0 spiro atoms. The van der Waals surface area contributed by atoms with E-state index in [0.29, 0.717) is 36.9 Å². The van der Waals surface area contributed by atoms with Crippen LogP contribution in [0.1, 0.15) is 106 Å². The van der Waals surface area contributed by atoms with Crippen LogP contribution in [0.25, 0.3) is 0 Å². The van der Waals surface area contributed by atoms with Crippen molar-refractivity contribution in [3.05, 3.63) is 11.6 Å². The van der Waals surface area contributed by atoms with Crippen molar-refractivity contribution in [1.29, 1.82) is 0 Å². The zero-order chi connectivity index (χ0) is 24.9. The molecule has 34 heavy (non-hydrogen) atoms. The van der Waals surface area contributed by atoms with Crippen molar-refractivity contribution in [1.82, 2.24) is 0 Å². The number of carboxylic acids is 1. The average molecular weight is 471 g/mol. The fourth-order valence-corrected chi connectivity index (χ4v) is 10.5. The van der Waals surface area contributed by atoms with Crippen molar-refractivity contribution in [3.8, 4) is 0 Å². The third kappa shape index (κ3) is 2.81. The Labute approximate surface area is 206 Å². The van der Waals surface area contributed by atoms with Gasteiger partial charge in [0.1, 0.15) is 5.78 Å². The SMILES string of the molecule is CC1(C)C(=O)CC[C@]2(C)[C@@H]1CC[C@@]1(C)[C@@H]2CC=C2[C@@H]3C[C@@](C)(C(=O)O)CC[C@]3(CO)CC[C@]21C. The largest absolute Gasteiger partial charge is 0.481 e. The number of carbonyl (C=O) groups excluding carboxylic acids is 1. The third-order valence-corrected chi connectivity index (χ3v) is 13.2. The number of carbonyl (C=O) groups is 2. The maximum Gasteiger partial charge on any atom is 0.309 e. The second-order valence-electron chi connectivity index (χ2n) is 14.6. The molecule has 5 aliphatic carbocycles. The Hall–Kier alpha value is -1.16. The van der Waals surface area contributed by atoms with Gasteiger partial charge in [-0.25, -0.2) is 0 Å². The smallest absolute Gasteiger partial charge is 0.309 e. The molecule has 4 heteroatoms. The predicted molar refractivity (Wildman–Crippen MR) is 133 cm³/mol. The number of hydrogen-bond acceptors (Lipinski definition) is 3. The number of Topliss-reactive ketones (excluding diaryl/α,β-unsaturated/α-hetero) is 1. The summed E-state index contributed by atoms with van der Waals surface area (Å²) in [6.07, 6.45) is 11.7. The Balaban J connectivity index is 1.59. The van der Waals surface area contributed by atoms with Gasteiger partial charge in [0, 0.05) is 23.9 Å². The Morgan fingerprint density at radius 3 is 2.29 bits per heavy atom. The van der Waals surface area contributed by atoms with E-state index in [9.17, 15) is 19.8 Å². The van der Waals surface area contributed by atoms with Crippen LogP contribution in [0.3, 0.4) is 0 Å². The van der Waals surface area contributed by atoms with Gasteiger partial charge >= 0.3 is 5.97 Å². The number of aliphatic hydroxyl groups is 1. The number of ketones is 1. The van der Waals surface area contributed by atoms with Gasteiger partial charge in [-0.2, -0.15) is 0 Å². The number of rotatable bonds is 2. The lowest BCUT2D eigenvalue weighted by molar-refractivity contribution is -0.188. The molecule has 0 bridgehead atoms. The molecule has 8 atom stereocenters. The first-order valence-corrected chi connectivity index (χ1v) is 13.8. The predicted octanol–water partition coefficient (Wildman–Crippen LogP) is 6.41. The lowest BCUT2D eigenvalue weighted by Crippen LogP contribution is -2.64. The lowest BCUT2D eigenvalue weighted by Gasteiger charge is -2.70. The Bertz CT molecular complexity index is 949. The monoisotopic (exact) mass is 470 g/mol. The molecule has 0 amide bonds. The molecule has 0 aromatic heterocycles. The van der Waals surface area contributed by atoms with E-state index in [-0.39, 0.29) is 39.6 Å². The standard InChI is InChI=1S/C30H46O4/c1-25(2)21-9-12-29(6)22(27(21,4)11-10-23(25)32)8-7-19-20-17-26(3,24(33)34)13-15-30(20,18-31)16-14-28(19,29)5/h7,20-22,31H,8-18H2,1-6H3,(H,33,34)/t20-,21+,22+,26-,27+,28+,29-,30+/m0/s1. The molecule has 0 saturated heterocycles. The van der Waals surface area contributed by atoms with Crippen molar-refractivity contribution in [3.63, 3.8) is 0 Å². The highest BCUT2D eigenvalue weighted by Crippen LogP contribution is 2.75. The van der Waals surface area contributed by atoms with Gasteiger partial charge in [-0.15, -0.1) is 0 Å². The van der Waals surface area contributed by atoms with Gasteiger partial charge in [0.05, 0.1) is 5.41 Å². The fraction of sp³-hybridized carbons (Fsp3) is 0.867. The summed E-state index contributed by atoms with van der Waals surface area (Å²) in [5.74, 6) is 0.879. The van der Waals surface area contributed by atoms with Crippen LogP contribution in [-0.4, -0.2) is 28.6 Å². The number of carboxylic acid groups (broad SMARTS) is 1. The molecular formula is C30H46O4. The first-order chi connectivity index (χ1) is 15.7. The molecule has 2 N–H and O–H groups in total. The molecule has 5 rings (SSSR count). The maximum atomic E-state index is 12.9. The molecule has 4 nitrogen and oxygen atoms in total. The van der Waals surface area contributed by atoms with Crippen LogP contribution in [0.15, 0.2) is 11.6 Å². The average Bonchev–Trinajstić information content (AvgIpc) is 2.77. The van der Waals surface area contributed by atoms with Gasteiger partial charge in [0.25, 0.3) is 0 Å². The first-order valence-electron chi connectivity index (χ1n) is 13.8. The number of aliphatic hydroxyl groups excluding tert-OH is 1. The van der Waals surface area contributed by atoms with E-state index in [2.05, 4.69) is 40.7 Å². The highest BCUT2D eigenvalue weighted by atomic mass is 16.4. The van der Waals surface area contributed by atoms with E-state index in [1.165, 1.54) is 5.57 Å². The van der Waals surface area contributed by atoms with E-state index in [1.54, 1.807) is 0 Å². The first kappa shape index (κ1) is 24.5. The summed E-state index contributed by atoms with van der Waals surface area (Å²) in [4.78, 5) is 25.2. The molecule has 0 unspecified atom stereocenters. The molecule has 0 aromatic carbocycles. The molecular weight excluding hydrogens is 424 g/mol. The van der Waals surface area contributed by atoms with Gasteiger partial charge in [0.2, 0.25) is 0 Å². The summed E-state index contributed by atoms with van der Waals surface area (Å²) in [5.41, 5.74) is 0.661. The van der Waals surface area contributed by atoms with Crippen LogP contribution >= 0.6 is 0 Å². The van der Waals surface area contributed by atoms with E-state index in [0.717, 1.165) is 44.9 Å². The Morgan fingerprint density at radius 1 is 0.971 bits per heavy atom. The number of fused-ring (bicyclic) bond motifs is 7. The van der Waals surface area contributed by atoms with E-state index in [1.807, 2.05) is 6.92 Å². The van der Waals surface area contributed by atoms with Gasteiger partial charge < -0.3 is 10.2 Å². The van der Waals surface area contributed by atoms with Crippen LogP contribution in [0.2, 0.25) is 0 Å². The number of allylic oxidation sites excluding steroid dienone is 2. The van der Waals surface area contributed by atoms with Crippen LogP contribution in [-0.2, 0) is 9.59 Å². The number of aliphatic carboxylic acids is 1. The topological polar surface area (TPSA) is 74.6 Å². The minimum atomic E-state index is -0.711. The van der Waals surface area contributed by atoms with E-state index in [4.69, 9.17) is 0 Å². The molecule has 0 aromatic rings. The Morgan fingerprint density at radius 2 is 1.65 bits per heavy atom. The summed E-state index contributed by atoms with van der Waals surface area (Å²) < 4.78 is 0. The van der Waals surface area contributed by atoms with Crippen molar-refractivity contribution in [2.45, 2.75) is 106 Å². The zero-order valence-corrected chi connectivity index (χ0v) is 22.3. The third-order valence-electron chi connectivity index (χ3n) is 13.2. The summed E-state index contributed by atoms with van der Waals surface area (Å²) in [6.45, 7) is 14.0. The molecule has 0 radical (unpaired) electrons. The van der Waals surface area contributed by atoms with Crippen molar-refractivity contribution < 1.29 is 19.8 Å². The maximum absolute atomic E-state index is 12.9. The molecule has 4 saturated carbocycles. The van der Waals surface area contributed by atoms with E-state index < -0.39 is 11.4 Å². The van der Waals surface area contributed by atoms with Crippen LogP contribution < -0.4 is 0 Å². The quantitative estimate of drug-likeness (QED) is 0.457. The van der Waals surface area contributed by atoms with Gasteiger partial charge in [-0.1, -0.05) is 46.3 Å². The van der Waals surface area contributed by atoms with Gasteiger partial charge in [-0.05, 0) is 98.7 Å². The molecule has 190 valence electrons. The summed E-state index contributed by atoms with van der Waals surface area (Å²) >= 11 is 0. The van der Waals surface area contributed by atoms with Crippen molar-refractivity contribution in [2.75, 3.05) is 6.61 Å². The second-order valence-corrected chi connectivity index (χ2v) is 14.6. The Kier molecular flexibility index (Phi) is 5.20. The van der Waals surface area contributed by atoms with Gasteiger partial charge in [0.15, 0.2) is 0 Å². The fourth-order valence-electron chi connectivity index (χ4n) is 10.5. The summed E-state index contributed by atoms with van der Waals surface area (Å²) in [6, 6.07) is 0. The zero-order valence-electron chi connectivity index (χ0n) is 22.3. The minimum Gasteiger partial charge on any atom is -0.481 e. The van der Waals surface area contributed by atoms with Crippen molar-refractivity contribution >= 4 is 11.8 Å². The summed E-state index contributed by atoms with van der Waals surface area (Å²) in [5, 5.41) is 20.7. The lowest BCUT2D eigenvalue weighted by atomic mass is 9.33. The molecule has 5 aliphatic rings. The van der Waals surface area contributed by atoms with Crippen LogP contribution in [0, 0.1) is 50.2 Å². The molecule has 0 heterocycles. The minimum absolute atomic E-state index is 0.0234. The van der Waals surface area contributed by atoms with Crippen LogP contribution in [0.4, 0.5) is 0 Å². The van der Waals surface area contributed by atoms with Gasteiger partial charge in [-0.3, -0.25) is 9.59 Å². The van der Waals surface area contributed by atoms with Crippen molar-refractivity contribution in [2.24, 2.45) is 50.2 Å². The normalized spacial score (nSPS) is 51.9. The number of hydrogen-bond donors (Lipinski definition) is 2. The second kappa shape index (κ2) is 7.20. The summed E-state index contributed by atoms with van der Waals surface area (Å²) in [7, 11) is 0. The highest BCUT2D eigenvalue weighted by molar-refractivity contribution is 5.85. The highest BCUT2D eigenvalue weighted by Gasteiger charge is 2.68. The van der Waals surface area contributed by atoms with Crippen LogP contribution in [0.5, 0.6) is 0 Å².